The van der Waals surface area contributed by atoms with Crippen LogP contribution in [0.25, 0.3) is 11.3 Å². The molecule has 0 saturated carbocycles. The van der Waals surface area contributed by atoms with E-state index in [9.17, 15) is 0 Å². The van der Waals surface area contributed by atoms with Gasteiger partial charge in [0.25, 0.3) is 0 Å². The van der Waals surface area contributed by atoms with Crippen LogP contribution in [-0.2, 0) is 0 Å². The number of pyridine rings is 2. The average Bonchev–Trinajstić information content (AvgIpc) is 2.29. The number of methoxy groups -OCH3 is 1. The Bertz CT molecular complexity index is 514. The fraction of sp³-hybridized carbons (Fsp3) is 0.167. The van der Waals surface area contributed by atoms with E-state index < -0.39 is 0 Å². The van der Waals surface area contributed by atoms with Gasteiger partial charge in [0.05, 0.1) is 23.4 Å². The molecule has 2 aromatic heterocycles. The van der Waals surface area contributed by atoms with Gasteiger partial charge >= 0.3 is 0 Å². The second-order valence-corrected chi connectivity index (χ2v) is 3.82. The minimum Gasteiger partial charge on any atom is -0.481 e. The van der Waals surface area contributed by atoms with Crippen LogP contribution in [0.1, 0.15) is 5.56 Å². The van der Waals surface area contributed by atoms with E-state index >= 15 is 0 Å². The smallest absolute Gasteiger partial charge is 0.222 e. The molecule has 0 bridgehead atoms. The maximum absolute atomic E-state index is 5.93. The Kier molecular flexibility index (Phi) is 3.06. The standard InChI is InChI=1S/C12H11ClN2O/c1-8-4-3-5-14-11(8)10-6-9(13)7-15-12(10)16-2/h3-7H,1-2H3. The molecule has 0 radical (unpaired) electrons. The zero-order chi connectivity index (χ0) is 11.5. The lowest BCUT2D eigenvalue weighted by Crippen LogP contribution is -1.94. The summed E-state index contributed by atoms with van der Waals surface area (Å²) >= 11 is 5.93. The number of halogens is 1. The van der Waals surface area contributed by atoms with Crippen molar-refractivity contribution < 1.29 is 4.74 Å². The highest BCUT2D eigenvalue weighted by Crippen LogP contribution is 2.30. The molecule has 0 unspecified atom stereocenters. The normalized spacial score (nSPS) is 10.2. The molecule has 0 aliphatic rings. The summed E-state index contributed by atoms with van der Waals surface area (Å²) in [6.07, 6.45) is 3.30. The summed E-state index contributed by atoms with van der Waals surface area (Å²) in [4.78, 5) is 8.44. The summed E-state index contributed by atoms with van der Waals surface area (Å²) in [5.41, 5.74) is 2.72. The second-order valence-electron chi connectivity index (χ2n) is 3.38. The zero-order valence-corrected chi connectivity index (χ0v) is 9.82. The Labute approximate surface area is 99.1 Å². The predicted molar refractivity (Wildman–Crippen MR) is 63.8 cm³/mol. The summed E-state index contributed by atoms with van der Waals surface area (Å²) in [6, 6.07) is 5.69. The van der Waals surface area contributed by atoms with Crippen LogP contribution >= 0.6 is 11.6 Å². The van der Waals surface area contributed by atoms with Crippen molar-refractivity contribution in [2.75, 3.05) is 7.11 Å². The van der Waals surface area contributed by atoms with Crippen LogP contribution in [-0.4, -0.2) is 17.1 Å². The minimum absolute atomic E-state index is 0.534. The summed E-state index contributed by atoms with van der Waals surface area (Å²) in [6.45, 7) is 1.99. The van der Waals surface area contributed by atoms with Crippen LogP contribution in [0.15, 0.2) is 30.6 Å². The monoisotopic (exact) mass is 234 g/mol. The van der Waals surface area contributed by atoms with E-state index in [-0.39, 0.29) is 0 Å². The van der Waals surface area contributed by atoms with Crippen LogP contribution in [0.5, 0.6) is 5.88 Å². The first-order valence-electron chi connectivity index (χ1n) is 4.84. The molecule has 4 heteroatoms. The average molecular weight is 235 g/mol. The molecule has 16 heavy (non-hydrogen) atoms. The molecule has 0 N–H and O–H groups in total. The molecular weight excluding hydrogens is 224 g/mol. The molecule has 0 atom stereocenters. The van der Waals surface area contributed by atoms with E-state index in [4.69, 9.17) is 16.3 Å². The van der Waals surface area contributed by atoms with Gasteiger partial charge in [0.1, 0.15) is 0 Å². The maximum Gasteiger partial charge on any atom is 0.222 e. The second kappa shape index (κ2) is 4.49. The van der Waals surface area contributed by atoms with Crippen molar-refractivity contribution in [2.24, 2.45) is 0 Å². The topological polar surface area (TPSA) is 35.0 Å². The van der Waals surface area contributed by atoms with Crippen molar-refractivity contribution in [1.29, 1.82) is 0 Å². The Hall–Kier alpha value is -1.61. The molecular formula is C12H11ClN2O. The van der Waals surface area contributed by atoms with Gasteiger partial charge in [0.2, 0.25) is 5.88 Å². The van der Waals surface area contributed by atoms with Gasteiger partial charge < -0.3 is 4.74 Å². The summed E-state index contributed by atoms with van der Waals surface area (Å²) in [5.74, 6) is 0.534. The summed E-state index contributed by atoms with van der Waals surface area (Å²) < 4.78 is 5.20. The third-order valence-corrected chi connectivity index (χ3v) is 2.48. The van der Waals surface area contributed by atoms with Crippen LogP contribution in [0.4, 0.5) is 0 Å². The highest BCUT2D eigenvalue weighted by atomic mass is 35.5. The Morgan fingerprint density at radius 3 is 2.81 bits per heavy atom. The third kappa shape index (κ3) is 1.99. The highest BCUT2D eigenvalue weighted by molar-refractivity contribution is 6.30. The van der Waals surface area contributed by atoms with E-state index in [0.29, 0.717) is 10.9 Å². The van der Waals surface area contributed by atoms with E-state index in [1.54, 1.807) is 19.5 Å². The van der Waals surface area contributed by atoms with Crippen molar-refractivity contribution in [3.8, 4) is 17.1 Å². The highest BCUT2D eigenvalue weighted by Gasteiger charge is 2.11. The lowest BCUT2D eigenvalue weighted by Gasteiger charge is -2.08. The van der Waals surface area contributed by atoms with Crippen LogP contribution in [0.2, 0.25) is 5.02 Å². The lowest BCUT2D eigenvalue weighted by atomic mass is 10.1. The zero-order valence-electron chi connectivity index (χ0n) is 9.07. The fourth-order valence-electron chi connectivity index (χ4n) is 1.53. The van der Waals surface area contributed by atoms with E-state index in [2.05, 4.69) is 9.97 Å². The lowest BCUT2D eigenvalue weighted by molar-refractivity contribution is 0.399. The Balaban J connectivity index is 2.63. The number of aryl methyl sites for hydroxylation is 1. The number of hydrogen-bond donors (Lipinski definition) is 0. The van der Waals surface area contributed by atoms with Gasteiger partial charge in [-0.05, 0) is 24.6 Å². The van der Waals surface area contributed by atoms with E-state index in [0.717, 1.165) is 16.8 Å². The van der Waals surface area contributed by atoms with Crippen LogP contribution in [0, 0.1) is 6.92 Å². The number of hydrogen-bond acceptors (Lipinski definition) is 3. The summed E-state index contributed by atoms with van der Waals surface area (Å²) in [7, 11) is 1.58. The molecule has 3 nitrogen and oxygen atoms in total. The molecule has 2 aromatic rings. The molecule has 0 spiro atoms. The molecule has 0 aliphatic carbocycles. The van der Waals surface area contributed by atoms with Crippen molar-refractivity contribution in [3.63, 3.8) is 0 Å². The van der Waals surface area contributed by atoms with Crippen molar-refractivity contribution in [3.05, 3.63) is 41.2 Å². The molecule has 2 heterocycles. The third-order valence-electron chi connectivity index (χ3n) is 2.28. The predicted octanol–water partition coefficient (Wildman–Crippen LogP) is 3.11. The molecule has 0 fully saturated rings. The number of nitrogens with zero attached hydrogens (tertiary/aromatic N) is 2. The van der Waals surface area contributed by atoms with Crippen LogP contribution in [0.3, 0.4) is 0 Å². The van der Waals surface area contributed by atoms with Gasteiger partial charge in [-0.1, -0.05) is 17.7 Å². The van der Waals surface area contributed by atoms with Gasteiger partial charge in [0, 0.05) is 12.4 Å². The van der Waals surface area contributed by atoms with Gasteiger partial charge in [0.15, 0.2) is 0 Å². The Morgan fingerprint density at radius 2 is 2.12 bits per heavy atom. The number of aromatic nitrogens is 2. The fourth-order valence-corrected chi connectivity index (χ4v) is 1.68. The quantitative estimate of drug-likeness (QED) is 0.801. The molecule has 0 aliphatic heterocycles. The first kappa shape index (κ1) is 10.9. The SMILES string of the molecule is COc1ncc(Cl)cc1-c1ncccc1C. The van der Waals surface area contributed by atoms with Crippen LogP contribution < -0.4 is 4.74 Å². The van der Waals surface area contributed by atoms with E-state index in [1.165, 1.54) is 0 Å². The van der Waals surface area contributed by atoms with Gasteiger partial charge in [-0.15, -0.1) is 0 Å². The van der Waals surface area contributed by atoms with Crippen molar-refractivity contribution in [2.45, 2.75) is 6.92 Å². The maximum atomic E-state index is 5.93. The number of ether oxygens (including phenoxy) is 1. The first-order chi connectivity index (χ1) is 7.72. The number of rotatable bonds is 2. The van der Waals surface area contributed by atoms with Gasteiger partial charge in [-0.25, -0.2) is 4.98 Å². The van der Waals surface area contributed by atoms with Crippen molar-refractivity contribution >= 4 is 11.6 Å². The first-order valence-corrected chi connectivity index (χ1v) is 5.21. The molecule has 0 saturated heterocycles. The Morgan fingerprint density at radius 1 is 1.31 bits per heavy atom. The molecule has 0 amide bonds. The molecule has 0 aromatic carbocycles. The minimum atomic E-state index is 0.534. The van der Waals surface area contributed by atoms with Gasteiger partial charge in [-0.3, -0.25) is 4.98 Å². The summed E-state index contributed by atoms with van der Waals surface area (Å²) in [5, 5.41) is 0.570. The van der Waals surface area contributed by atoms with Crippen molar-refractivity contribution in [1.82, 2.24) is 9.97 Å². The molecule has 2 rings (SSSR count). The van der Waals surface area contributed by atoms with E-state index in [1.807, 2.05) is 25.1 Å². The largest absolute Gasteiger partial charge is 0.481 e. The molecule has 82 valence electrons. The van der Waals surface area contributed by atoms with Gasteiger partial charge in [-0.2, -0.15) is 0 Å².